The van der Waals surface area contributed by atoms with Crippen molar-refractivity contribution in [1.29, 1.82) is 0 Å². The van der Waals surface area contributed by atoms with Gasteiger partial charge in [-0.2, -0.15) is 0 Å². The SMILES string of the molecule is CN(C)C(C)(C)c1ccc([S@](N)(=O)=NC(=O)Nc2c3c(cc4c2CCC4)CCC3)cc1. The van der Waals surface area contributed by atoms with Gasteiger partial charge in [0, 0.05) is 11.2 Å². The first-order chi connectivity index (χ1) is 14.6. The van der Waals surface area contributed by atoms with E-state index in [1.165, 1.54) is 22.3 Å². The number of rotatable bonds is 4. The number of urea groups is 1. The molecule has 2 aromatic carbocycles. The second kappa shape index (κ2) is 8.04. The van der Waals surface area contributed by atoms with Crippen LogP contribution in [0, 0.1) is 0 Å². The predicted molar refractivity (Wildman–Crippen MR) is 126 cm³/mol. The van der Waals surface area contributed by atoms with Crippen LogP contribution in [-0.4, -0.2) is 29.2 Å². The van der Waals surface area contributed by atoms with Crippen molar-refractivity contribution in [3.63, 3.8) is 0 Å². The number of benzene rings is 2. The Morgan fingerprint density at radius 2 is 1.58 bits per heavy atom. The molecular formula is C24H32N4O2S. The van der Waals surface area contributed by atoms with Crippen molar-refractivity contribution >= 4 is 21.6 Å². The highest BCUT2D eigenvalue weighted by Gasteiger charge is 2.26. The van der Waals surface area contributed by atoms with E-state index in [-0.39, 0.29) is 5.54 Å². The summed E-state index contributed by atoms with van der Waals surface area (Å²) in [7, 11) is 0.680. The molecule has 0 saturated heterocycles. The molecule has 7 heteroatoms. The summed E-state index contributed by atoms with van der Waals surface area (Å²) in [6.07, 6.45) is 6.21. The number of nitrogens with one attached hydrogen (secondary N) is 1. The first kappa shape index (κ1) is 22.0. The van der Waals surface area contributed by atoms with Gasteiger partial charge in [0.25, 0.3) is 0 Å². The number of carbonyl (C=O) groups is 1. The van der Waals surface area contributed by atoms with Gasteiger partial charge in [-0.05, 0) is 106 Å². The molecule has 0 fully saturated rings. The Morgan fingerprint density at radius 3 is 2.10 bits per heavy atom. The minimum atomic E-state index is -3.34. The lowest BCUT2D eigenvalue weighted by atomic mass is 9.93. The van der Waals surface area contributed by atoms with Crippen LogP contribution in [0.1, 0.15) is 54.5 Å². The van der Waals surface area contributed by atoms with Gasteiger partial charge in [0.1, 0.15) is 9.92 Å². The van der Waals surface area contributed by atoms with Gasteiger partial charge in [0.2, 0.25) is 0 Å². The van der Waals surface area contributed by atoms with Gasteiger partial charge in [-0.25, -0.2) is 14.1 Å². The van der Waals surface area contributed by atoms with Crippen LogP contribution < -0.4 is 10.5 Å². The highest BCUT2D eigenvalue weighted by atomic mass is 32.2. The molecule has 0 radical (unpaired) electrons. The van der Waals surface area contributed by atoms with Crippen molar-refractivity contribution in [1.82, 2.24) is 4.90 Å². The van der Waals surface area contributed by atoms with Crippen LogP contribution in [0.5, 0.6) is 0 Å². The summed E-state index contributed by atoms with van der Waals surface area (Å²) in [6, 6.07) is 8.87. The fourth-order valence-corrected chi connectivity index (χ4v) is 5.51. The van der Waals surface area contributed by atoms with E-state index in [9.17, 15) is 9.00 Å². The third-order valence-corrected chi connectivity index (χ3v) is 8.32. The molecule has 2 aromatic rings. The molecule has 2 aliphatic rings. The van der Waals surface area contributed by atoms with Crippen LogP contribution >= 0.6 is 0 Å². The highest BCUT2D eigenvalue weighted by Crippen LogP contribution is 2.38. The molecule has 0 aliphatic heterocycles. The number of carbonyl (C=O) groups excluding carboxylic acids is 1. The van der Waals surface area contributed by atoms with Gasteiger partial charge in [0.05, 0.1) is 4.90 Å². The lowest BCUT2D eigenvalue weighted by molar-refractivity contribution is 0.197. The monoisotopic (exact) mass is 440 g/mol. The molecule has 0 unspecified atom stereocenters. The van der Waals surface area contributed by atoms with E-state index in [0.29, 0.717) is 4.90 Å². The summed E-state index contributed by atoms with van der Waals surface area (Å²) in [5.74, 6) is 0. The molecule has 3 N–H and O–H groups in total. The minimum absolute atomic E-state index is 0.184. The Kier molecular flexibility index (Phi) is 5.70. The fourth-order valence-electron chi connectivity index (χ4n) is 4.59. The van der Waals surface area contributed by atoms with Gasteiger partial charge in [-0.15, -0.1) is 4.36 Å². The van der Waals surface area contributed by atoms with E-state index in [4.69, 9.17) is 5.14 Å². The average molecular weight is 441 g/mol. The number of hydrogen-bond donors (Lipinski definition) is 2. The number of nitrogens with zero attached hydrogens (tertiary/aromatic N) is 2. The maximum atomic E-state index is 13.1. The predicted octanol–water partition coefficient (Wildman–Crippen LogP) is 4.39. The molecule has 4 rings (SSSR count). The van der Waals surface area contributed by atoms with Crippen molar-refractivity contribution in [2.24, 2.45) is 9.50 Å². The Hall–Kier alpha value is -2.22. The van der Waals surface area contributed by atoms with E-state index in [1.807, 2.05) is 26.2 Å². The van der Waals surface area contributed by atoms with Crippen LogP contribution in [0.3, 0.4) is 0 Å². The van der Waals surface area contributed by atoms with Gasteiger partial charge in [0.15, 0.2) is 0 Å². The maximum Gasteiger partial charge on any atom is 0.354 e. The number of amides is 2. The van der Waals surface area contributed by atoms with E-state index < -0.39 is 15.9 Å². The van der Waals surface area contributed by atoms with Crippen molar-refractivity contribution in [2.75, 3.05) is 19.4 Å². The third-order valence-electron chi connectivity index (χ3n) is 6.94. The number of anilines is 1. The Morgan fingerprint density at radius 1 is 1.03 bits per heavy atom. The zero-order chi connectivity index (χ0) is 22.4. The summed E-state index contributed by atoms with van der Waals surface area (Å²) in [6.45, 7) is 4.21. The number of fused-ring (bicyclic) bond motifs is 2. The van der Waals surface area contributed by atoms with Crippen LogP contribution in [0.15, 0.2) is 39.6 Å². The molecule has 0 bridgehead atoms. The Balaban J connectivity index is 1.61. The quantitative estimate of drug-likeness (QED) is 0.739. The van der Waals surface area contributed by atoms with Gasteiger partial charge >= 0.3 is 6.03 Å². The lowest BCUT2D eigenvalue weighted by Crippen LogP contribution is -2.35. The molecule has 0 aromatic heterocycles. The topological polar surface area (TPSA) is 87.8 Å². The third kappa shape index (κ3) is 4.14. The van der Waals surface area contributed by atoms with Gasteiger partial charge < -0.3 is 10.2 Å². The first-order valence-electron chi connectivity index (χ1n) is 10.9. The number of hydrogen-bond acceptors (Lipinski definition) is 3. The van der Waals surface area contributed by atoms with Crippen molar-refractivity contribution in [3.05, 3.63) is 58.1 Å². The summed E-state index contributed by atoms with van der Waals surface area (Å²) >= 11 is 0. The van der Waals surface area contributed by atoms with E-state index in [1.54, 1.807) is 12.1 Å². The molecule has 0 spiro atoms. The molecule has 0 saturated carbocycles. The summed E-state index contributed by atoms with van der Waals surface area (Å²) in [5.41, 5.74) is 6.83. The van der Waals surface area contributed by atoms with Gasteiger partial charge in [-0.1, -0.05) is 18.2 Å². The van der Waals surface area contributed by atoms with E-state index in [0.717, 1.165) is 49.8 Å². The van der Waals surface area contributed by atoms with Crippen molar-refractivity contribution in [2.45, 2.75) is 62.8 Å². The van der Waals surface area contributed by atoms with Crippen molar-refractivity contribution < 1.29 is 9.00 Å². The number of nitrogens with two attached hydrogens (primary N) is 1. The smallest absolute Gasteiger partial charge is 0.305 e. The van der Waals surface area contributed by atoms with Crippen LogP contribution in [0.2, 0.25) is 0 Å². The van der Waals surface area contributed by atoms with Crippen LogP contribution in [0.25, 0.3) is 0 Å². The maximum absolute atomic E-state index is 13.1. The first-order valence-corrected chi connectivity index (χ1v) is 12.5. The fraction of sp³-hybridized carbons (Fsp3) is 0.458. The lowest BCUT2D eigenvalue weighted by Gasteiger charge is -2.33. The molecule has 31 heavy (non-hydrogen) atoms. The standard InChI is InChI=1S/C24H32N4O2S/c1-24(2,28(3)4)18-11-13-19(14-12-18)31(25,30)27-23(29)26-22-20-9-5-7-16(20)15-17-8-6-10-21(17)22/h11-15H,5-10H2,1-4H3,(H3,25,26,27,29,30)/t31-/m1/s1. The Bertz CT molecular complexity index is 1110. The molecule has 1 atom stereocenters. The van der Waals surface area contributed by atoms with Crippen molar-refractivity contribution in [3.8, 4) is 0 Å². The highest BCUT2D eigenvalue weighted by molar-refractivity contribution is 7.91. The summed E-state index contributed by atoms with van der Waals surface area (Å²) in [4.78, 5) is 15.2. The molecule has 2 amide bonds. The molecule has 0 heterocycles. The zero-order valence-electron chi connectivity index (χ0n) is 18.8. The second-order valence-corrected chi connectivity index (χ2v) is 11.1. The summed E-state index contributed by atoms with van der Waals surface area (Å²) < 4.78 is 17.0. The number of aryl methyl sites for hydroxylation is 2. The molecule has 6 nitrogen and oxygen atoms in total. The largest absolute Gasteiger partial charge is 0.354 e. The molecule has 2 aliphatic carbocycles. The van der Waals surface area contributed by atoms with E-state index >= 15 is 0 Å². The van der Waals surface area contributed by atoms with Crippen LogP contribution in [0.4, 0.5) is 10.5 Å². The molecular weight excluding hydrogens is 408 g/mol. The molecule has 166 valence electrons. The van der Waals surface area contributed by atoms with Crippen LogP contribution in [-0.2, 0) is 41.1 Å². The normalized spacial score (nSPS) is 17.2. The van der Waals surface area contributed by atoms with E-state index in [2.05, 4.69) is 34.5 Å². The second-order valence-electron chi connectivity index (χ2n) is 9.30. The minimum Gasteiger partial charge on any atom is -0.305 e. The van der Waals surface area contributed by atoms with Gasteiger partial charge in [-0.3, -0.25) is 0 Å². The Labute approximate surface area is 185 Å². The average Bonchev–Trinajstić information content (AvgIpc) is 3.36. The summed E-state index contributed by atoms with van der Waals surface area (Å²) in [5, 5.41) is 8.97. The zero-order valence-corrected chi connectivity index (χ0v) is 19.6.